The lowest BCUT2D eigenvalue weighted by atomic mass is 9.85. The zero-order valence-corrected chi connectivity index (χ0v) is 8.92. The van der Waals surface area contributed by atoms with Gasteiger partial charge in [0.05, 0.1) is 6.07 Å². The highest BCUT2D eigenvalue weighted by atomic mass is 16.3. The molecule has 3 heteroatoms. The fourth-order valence-electron chi connectivity index (χ4n) is 2.21. The highest BCUT2D eigenvalue weighted by molar-refractivity contribution is 5.08. The van der Waals surface area contributed by atoms with Crippen LogP contribution in [0.3, 0.4) is 0 Å². The molecular weight excluding hydrogens is 176 g/mol. The van der Waals surface area contributed by atoms with Gasteiger partial charge < -0.3 is 5.11 Å². The molecule has 2 N–H and O–H groups in total. The van der Waals surface area contributed by atoms with E-state index in [0.717, 1.165) is 25.8 Å². The summed E-state index contributed by atoms with van der Waals surface area (Å²) in [7, 11) is 0. The summed E-state index contributed by atoms with van der Waals surface area (Å²) in [4.78, 5) is 0. The summed E-state index contributed by atoms with van der Waals surface area (Å²) in [6.45, 7) is 2.91. The molecule has 1 aliphatic carbocycles. The Hall–Kier alpha value is -0.590. The Morgan fingerprint density at radius 2 is 2.14 bits per heavy atom. The zero-order valence-electron chi connectivity index (χ0n) is 8.92. The first-order chi connectivity index (χ1) is 6.73. The Balaban J connectivity index is 2.43. The first-order valence-electron chi connectivity index (χ1n) is 5.50. The molecule has 0 spiro atoms. The van der Waals surface area contributed by atoms with Crippen LogP contribution in [0.2, 0.25) is 0 Å². The first-order valence-corrected chi connectivity index (χ1v) is 5.50. The quantitative estimate of drug-likeness (QED) is 0.654. The van der Waals surface area contributed by atoms with Crippen LogP contribution in [0.4, 0.5) is 0 Å². The molecular formula is C11H20N2O. The van der Waals surface area contributed by atoms with Crippen molar-refractivity contribution in [1.29, 1.82) is 5.26 Å². The third-order valence-electron chi connectivity index (χ3n) is 3.23. The predicted molar refractivity (Wildman–Crippen MR) is 55.7 cm³/mol. The molecule has 1 saturated carbocycles. The van der Waals surface area contributed by atoms with Crippen LogP contribution in [0, 0.1) is 17.2 Å². The van der Waals surface area contributed by atoms with Crippen molar-refractivity contribution in [2.24, 2.45) is 5.92 Å². The fraction of sp³-hybridized carbons (Fsp3) is 0.909. The Bertz CT molecular complexity index is 206. The third kappa shape index (κ3) is 2.70. The Morgan fingerprint density at radius 1 is 1.50 bits per heavy atom. The molecule has 0 saturated heterocycles. The lowest BCUT2D eigenvalue weighted by Crippen LogP contribution is -2.47. The molecule has 1 fully saturated rings. The normalized spacial score (nSPS) is 21.8. The van der Waals surface area contributed by atoms with Gasteiger partial charge in [0.15, 0.2) is 0 Å². The number of nitrogens with zero attached hydrogens (tertiary/aromatic N) is 1. The van der Waals surface area contributed by atoms with E-state index in [1.165, 1.54) is 12.8 Å². The Morgan fingerprint density at radius 3 is 2.64 bits per heavy atom. The summed E-state index contributed by atoms with van der Waals surface area (Å²) in [6, 6.07) is 2.39. The van der Waals surface area contributed by atoms with E-state index in [1.54, 1.807) is 0 Å². The minimum Gasteiger partial charge on any atom is -0.396 e. The van der Waals surface area contributed by atoms with E-state index in [9.17, 15) is 5.26 Å². The summed E-state index contributed by atoms with van der Waals surface area (Å²) in [5.74, 6) is 0.492. The molecule has 1 rings (SSSR count). The van der Waals surface area contributed by atoms with Crippen LogP contribution in [0.15, 0.2) is 0 Å². The number of rotatable bonds is 5. The van der Waals surface area contributed by atoms with Crippen LogP contribution in [0.5, 0.6) is 0 Å². The van der Waals surface area contributed by atoms with Crippen LogP contribution in [0.25, 0.3) is 0 Å². The van der Waals surface area contributed by atoms with Gasteiger partial charge in [0.2, 0.25) is 0 Å². The zero-order chi connectivity index (χ0) is 10.4. The molecule has 0 amide bonds. The minimum atomic E-state index is -0.383. The van der Waals surface area contributed by atoms with Gasteiger partial charge in [0.1, 0.15) is 5.54 Å². The van der Waals surface area contributed by atoms with Crippen molar-refractivity contribution in [3.63, 3.8) is 0 Å². The van der Waals surface area contributed by atoms with Crippen molar-refractivity contribution in [1.82, 2.24) is 5.32 Å². The van der Waals surface area contributed by atoms with E-state index >= 15 is 0 Å². The summed E-state index contributed by atoms with van der Waals surface area (Å²) >= 11 is 0. The molecule has 80 valence electrons. The molecule has 1 aliphatic rings. The van der Waals surface area contributed by atoms with E-state index in [-0.39, 0.29) is 12.1 Å². The molecule has 0 aromatic carbocycles. The second kappa shape index (κ2) is 5.33. The van der Waals surface area contributed by atoms with Crippen LogP contribution in [-0.2, 0) is 0 Å². The maximum Gasteiger partial charge on any atom is 0.106 e. The molecule has 14 heavy (non-hydrogen) atoms. The highest BCUT2D eigenvalue weighted by Crippen LogP contribution is 2.33. The average molecular weight is 196 g/mol. The third-order valence-corrected chi connectivity index (χ3v) is 3.23. The molecule has 0 aromatic heterocycles. The summed E-state index contributed by atoms with van der Waals surface area (Å²) in [5, 5.41) is 21.1. The SMILES string of the molecule is CC(C#N)(NCCCO)C1CCCC1. The van der Waals surface area contributed by atoms with Crippen molar-refractivity contribution in [3.8, 4) is 6.07 Å². The minimum absolute atomic E-state index is 0.194. The Labute approximate surface area is 86.1 Å². The number of hydrogen-bond donors (Lipinski definition) is 2. The summed E-state index contributed by atoms with van der Waals surface area (Å²) < 4.78 is 0. The maximum atomic E-state index is 9.17. The van der Waals surface area contributed by atoms with Gasteiger partial charge in [-0.2, -0.15) is 5.26 Å². The van der Waals surface area contributed by atoms with Gasteiger partial charge in [-0.25, -0.2) is 0 Å². The summed E-state index contributed by atoms with van der Waals surface area (Å²) in [6.07, 6.45) is 5.56. The molecule has 1 unspecified atom stereocenters. The van der Waals surface area contributed by atoms with Crippen molar-refractivity contribution in [2.45, 2.75) is 44.6 Å². The molecule has 3 nitrogen and oxygen atoms in total. The van der Waals surface area contributed by atoms with E-state index in [1.807, 2.05) is 6.92 Å². The standard InChI is InChI=1S/C11H20N2O/c1-11(9-12,13-7-4-8-14)10-5-2-3-6-10/h10,13-14H,2-8H2,1H3. The van der Waals surface area contributed by atoms with Crippen molar-refractivity contribution in [3.05, 3.63) is 0 Å². The number of aliphatic hydroxyl groups excluding tert-OH is 1. The van der Waals surface area contributed by atoms with Crippen molar-refractivity contribution in [2.75, 3.05) is 13.2 Å². The van der Waals surface area contributed by atoms with Gasteiger partial charge in [-0.3, -0.25) is 5.32 Å². The van der Waals surface area contributed by atoms with Crippen LogP contribution in [0.1, 0.15) is 39.0 Å². The average Bonchev–Trinajstić information content (AvgIpc) is 2.71. The topological polar surface area (TPSA) is 56.0 Å². The van der Waals surface area contributed by atoms with Crippen LogP contribution < -0.4 is 5.32 Å². The van der Waals surface area contributed by atoms with Gasteiger partial charge in [0.25, 0.3) is 0 Å². The molecule has 1 atom stereocenters. The monoisotopic (exact) mass is 196 g/mol. The molecule has 0 aliphatic heterocycles. The smallest absolute Gasteiger partial charge is 0.106 e. The van der Waals surface area contributed by atoms with Gasteiger partial charge in [-0.1, -0.05) is 12.8 Å². The van der Waals surface area contributed by atoms with Gasteiger partial charge in [-0.05, 0) is 38.6 Å². The van der Waals surface area contributed by atoms with Gasteiger partial charge in [-0.15, -0.1) is 0 Å². The largest absolute Gasteiger partial charge is 0.396 e. The van der Waals surface area contributed by atoms with E-state index in [2.05, 4.69) is 11.4 Å². The van der Waals surface area contributed by atoms with E-state index in [4.69, 9.17) is 5.11 Å². The molecule has 0 radical (unpaired) electrons. The molecule has 0 heterocycles. The maximum absolute atomic E-state index is 9.17. The van der Waals surface area contributed by atoms with Crippen LogP contribution in [-0.4, -0.2) is 23.8 Å². The number of aliphatic hydroxyl groups is 1. The number of nitrogens with one attached hydrogen (secondary N) is 1. The van der Waals surface area contributed by atoms with E-state index < -0.39 is 0 Å². The first kappa shape index (κ1) is 11.5. The predicted octanol–water partition coefficient (Wildman–Crippen LogP) is 1.43. The highest BCUT2D eigenvalue weighted by Gasteiger charge is 2.35. The fourth-order valence-corrected chi connectivity index (χ4v) is 2.21. The molecule has 0 bridgehead atoms. The second-order valence-electron chi connectivity index (χ2n) is 4.30. The molecule has 0 aromatic rings. The second-order valence-corrected chi connectivity index (χ2v) is 4.30. The van der Waals surface area contributed by atoms with Gasteiger partial charge >= 0.3 is 0 Å². The number of nitriles is 1. The van der Waals surface area contributed by atoms with Crippen molar-refractivity contribution < 1.29 is 5.11 Å². The Kier molecular flexibility index (Phi) is 4.37. The lowest BCUT2D eigenvalue weighted by molar-refractivity contribution is 0.260. The van der Waals surface area contributed by atoms with Gasteiger partial charge in [0, 0.05) is 6.61 Å². The summed E-state index contributed by atoms with van der Waals surface area (Å²) in [5.41, 5.74) is -0.383. The van der Waals surface area contributed by atoms with Crippen LogP contribution >= 0.6 is 0 Å². The lowest BCUT2D eigenvalue weighted by Gasteiger charge is -2.29. The van der Waals surface area contributed by atoms with E-state index in [0.29, 0.717) is 5.92 Å². The number of hydrogen-bond acceptors (Lipinski definition) is 3. The van der Waals surface area contributed by atoms with Crippen molar-refractivity contribution >= 4 is 0 Å².